The minimum Gasteiger partial charge on any atom is -0.449 e. The molecule has 0 radical (unpaired) electrons. The molecular formula is C10H9NO2S. The van der Waals surface area contributed by atoms with E-state index in [4.69, 9.17) is 11.2 Å². The van der Waals surface area contributed by atoms with Crippen molar-refractivity contribution >= 4 is 17.7 Å². The second-order valence-electron chi connectivity index (χ2n) is 2.34. The molecule has 0 bridgehead atoms. The molecule has 0 N–H and O–H groups in total. The van der Waals surface area contributed by atoms with Gasteiger partial charge in [0.1, 0.15) is 5.03 Å². The van der Waals surface area contributed by atoms with Crippen molar-refractivity contribution in [3.63, 3.8) is 0 Å². The number of rotatable bonds is 3. The van der Waals surface area contributed by atoms with Gasteiger partial charge in [0, 0.05) is 6.20 Å². The van der Waals surface area contributed by atoms with Gasteiger partial charge in [-0.05, 0) is 18.4 Å². The first-order chi connectivity index (χ1) is 6.79. The highest BCUT2D eigenvalue weighted by molar-refractivity contribution is 7.98. The Kier molecular flexibility index (Phi) is 4.02. The summed E-state index contributed by atoms with van der Waals surface area (Å²) in [5.74, 6) is 1.81. The number of ether oxygens (including phenoxy) is 1. The van der Waals surface area contributed by atoms with Gasteiger partial charge in [-0.1, -0.05) is 5.92 Å². The summed E-state index contributed by atoms with van der Waals surface area (Å²) in [6.07, 6.45) is 8.45. The summed E-state index contributed by atoms with van der Waals surface area (Å²) in [5.41, 5.74) is 0.454. The van der Waals surface area contributed by atoms with E-state index >= 15 is 0 Å². The summed E-state index contributed by atoms with van der Waals surface area (Å²) in [5, 5.41) is 0.648. The predicted octanol–water partition coefficient (Wildman–Crippen LogP) is 1.59. The molecule has 0 spiro atoms. The van der Waals surface area contributed by atoms with Gasteiger partial charge in [0.2, 0.25) is 0 Å². The maximum atomic E-state index is 11.4. The number of hydrogen-bond donors (Lipinski definition) is 0. The second-order valence-corrected chi connectivity index (χ2v) is 3.14. The quantitative estimate of drug-likeness (QED) is 0.428. The first kappa shape index (κ1) is 10.6. The average Bonchev–Trinajstić information content (AvgIpc) is 2.25. The molecule has 0 aliphatic rings. The largest absolute Gasteiger partial charge is 0.449 e. The monoisotopic (exact) mass is 207 g/mol. The van der Waals surface area contributed by atoms with Gasteiger partial charge in [0.15, 0.2) is 6.61 Å². The fourth-order valence-corrected chi connectivity index (χ4v) is 1.43. The van der Waals surface area contributed by atoms with Crippen LogP contribution >= 0.6 is 11.8 Å². The lowest BCUT2D eigenvalue weighted by Crippen LogP contribution is -2.07. The molecule has 0 aliphatic carbocycles. The van der Waals surface area contributed by atoms with E-state index < -0.39 is 5.97 Å². The van der Waals surface area contributed by atoms with Gasteiger partial charge in [0.05, 0.1) is 5.56 Å². The normalized spacial score (nSPS) is 9.14. The van der Waals surface area contributed by atoms with Gasteiger partial charge in [-0.25, -0.2) is 9.78 Å². The van der Waals surface area contributed by atoms with E-state index in [-0.39, 0.29) is 6.61 Å². The van der Waals surface area contributed by atoms with Crippen LogP contribution in [0.5, 0.6) is 0 Å². The third-order valence-corrected chi connectivity index (χ3v) is 2.18. The number of aromatic nitrogens is 1. The van der Waals surface area contributed by atoms with Gasteiger partial charge >= 0.3 is 5.97 Å². The van der Waals surface area contributed by atoms with E-state index in [0.717, 1.165) is 0 Å². The Labute approximate surface area is 86.9 Å². The Morgan fingerprint density at radius 2 is 2.57 bits per heavy atom. The topological polar surface area (TPSA) is 39.2 Å². The summed E-state index contributed by atoms with van der Waals surface area (Å²) in [6.45, 7) is -0.0124. The third kappa shape index (κ3) is 2.51. The van der Waals surface area contributed by atoms with Gasteiger partial charge in [-0.15, -0.1) is 18.2 Å². The summed E-state index contributed by atoms with van der Waals surface area (Å²) in [6, 6.07) is 3.35. The van der Waals surface area contributed by atoms with Crippen molar-refractivity contribution in [3.05, 3.63) is 23.9 Å². The third-order valence-electron chi connectivity index (χ3n) is 1.47. The number of terminal acetylenes is 1. The molecule has 0 atom stereocenters. The molecular weight excluding hydrogens is 198 g/mol. The predicted molar refractivity (Wildman–Crippen MR) is 55.1 cm³/mol. The summed E-state index contributed by atoms with van der Waals surface area (Å²) >= 11 is 1.39. The number of carbonyl (C=O) groups is 1. The SMILES string of the molecule is C#CCOC(=O)c1cccnc1SC. The highest BCUT2D eigenvalue weighted by Crippen LogP contribution is 2.17. The zero-order valence-electron chi connectivity index (χ0n) is 7.69. The van der Waals surface area contributed by atoms with Gasteiger partial charge < -0.3 is 4.74 Å². The zero-order chi connectivity index (χ0) is 10.4. The van der Waals surface area contributed by atoms with E-state index in [1.807, 2.05) is 6.26 Å². The highest BCUT2D eigenvalue weighted by Gasteiger charge is 2.11. The second kappa shape index (κ2) is 5.30. The molecule has 0 amide bonds. The Morgan fingerprint density at radius 3 is 3.21 bits per heavy atom. The zero-order valence-corrected chi connectivity index (χ0v) is 8.50. The van der Waals surface area contributed by atoms with Crippen molar-refractivity contribution in [2.45, 2.75) is 5.03 Å². The summed E-state index contributed by atoms with van der Waals surface area (Å²) in [7, 11) is 0. The van der Waals surface area contributed by atoms with E-state index in [0.29, 0.717) is 10.6 Å². The molecule has 3 nitrogen and oxygen atoms in total. The standard InChI is InChI=1S/C10H9NO2S/c1-3-7-13-10(12)8-5-4-6-11-9(8)14-2/h1,4-6H,7H2,2H3. The van der Waals surface area contributed by atoms with E-state index in [9.17, 15) is 4.79 Å². The number of thioether (sulfide) groups is 1. The maximum Gasteiger partial charge on any atom is 0.341 e. The molecule has 1 heterocycles. The van der Waals surface area contributed by atoms with Crippen LogP contribution in [0, 0.1) is 12.3 Å². The van der Waals surface area contributed by atoms with E-state index in [1.165, 1.54) is 11.8 Å². The van der Waals surface area contributed by atoms with Crippen molar-refractivity contribution in [2.75, 3.05) is 12.9 Å². The van der Waals surface area contributed by atoms with Crippen LogP contribution in [0.15, 0.2) is 23.4 Å². The molecule has 0 saturated heterocycles. The Morgan fingerprint density at radius 1 is 1.79 bits per heavy atom. The van der Waals surface area contributed by atoms with Crippen molar-refractivity contribution < 1.29 is 9.53 Å². The van der Waals surface area contributed by atoms with E-state index in [2.05, 4.69) is 10.9 Å². The van der Waals surface area contributed by atoms with Crippen LogP contribution in [0.2, 0.25) is 0 Å². The molecule has 0 unspecified atom stereocenters. The number of carbonyl (C=O) groups excluding carboxylic acids is 1. The number of esters is 1. The van der Waals surface area contributed by atoms with Crippen molar-refractivity contribution in [3.8, 4) is 12.3 Å². The molecule has 1 rings (SSSR count). The van der Waals surface area contributed by atoms with Gasteiger partial charge in [-0.2, -0.15) is 0 Å². The molecule has 0 fully saturated rings. The lowest BCUT2D eigenvalue weighted by Gasteiger charge is -2.03. The molecule has 1 aromatic heterocycles. The van der Waals surface area contributed by atoms with Crippen LogP contribution in [-0.4, -0.2) is 23.8 Å². The Bertz CT molecular complexity index is 371. The van der Waals surface area contributed by atoms with Crippen LogP contribution in [-0.2, 0) is 4.74 Å². The van der Waals surface area contributed by atoms with E-state index in [1.54, 1.807) is 18.3 Å². The summed E-state index contributed by atoms with van der Waals surface area (Å²) in [4.78, 5) is 15.4. The first-order valence-corrected chi connectivity index (χ1v) is 5.11. The molecule has 1 aromatic rings. The van der Waals surface area contributed by atoms with Gasteiger partial charge in [-0.3, -0.25) is 0 Å². The van der Waals surface area contributed by atoms with Crippen LogP contribution in [0.25, 0.3) is 0 Å². The summed E-state index contributed by atoms with van der Waals surface area (Å²) < 4.78 is 4.79. The van der Waals surface area contributed by atoms with Crippen molar-refractivity contribution in [2.24, 2.45) is 0 Å². The molecule has 0 aromatic carbocycles. The molecule has 0 aliphatic heterocycles. The first-order valence-electron chi connectivity index (χ1n) is 3.89. The van der Waals surface area contributed by atoms with Crippen LogP contribution < -0.4 is 0 Å². The molecule has 72 valence electrons. The fourth-order valence-electron chi connectivity index (χ4n) is 0.894. The average molecular weight is 207 g/mol. The number of hydrogen-bond acceptors (Lipinski definition) is 4. The molecule has 4 heteroatoms. The fraction of sp³-hybridized carbons (Fsp3) is 0.200. The van der Waals surface area contributed by atoms with Crippen LogP contribution in [0.1, 0.15) is 10.4 Å². The van der Waals surface area contributed by atoms with Crippen LogP contribution in [0.3, 0.4) is 0 Å². The number of nitrogens with zero attached hydrogens (tertiary/aromatic N) is 1. The maximum absolute atomic E-state index is 11.4. The smallest absolute Gasteiger partial charge is 0.341 e. The Hall–Kier alpha value is -1.47. The molecule has 0 saturated carbocycles. The lowest BCUT2D eigenvalue weighted by molar-refractivity contribution is 0.0552. The minimum absolute atomic E-state index is 0.0124. The van der Waals surface area contributed by atoms with Crippen molar-refractivity contribution in [1.29, 1.82) is 0 Å². The number of pyridine rings is 1. The lowest BCUT2D eigenvalue weighted by atomic mass is 10.3. The minimum atomic E-state index is -0.430. The highest BCUT2D eigenvalue weighted by atomic mass is 32.2. The van der Waals surface area contributed by atoms with Crippen molar-refractivity contribution in [1.82, 2.24) is 4.98 Å². The van der Waals surface area contributed by atoms with Crippen LogP contribution in [0.4, 0.5) is 0 Å². The van der Waals surface area contributed by atoms with Gasteiger partial charge in [0.25, 0.3) is 0 Å². The molecule has 14 heavy (non-hydrogen) atoms. The Balaban J connectivity index is 2.84.